The Morgan fingerprint density at radius 1 is 1.83 bits per heavy atom. The molecule has 0 amide bonds. The summed E-state index contributed by atoms with van der Waals surface area (Å²) in [5.41, 5.74) is 0. The zero-order valence-electron chi connectivity index (χ0n) is 3.51. The van der Waals surface area contributed by atoms with Crippen LogP contribution in [-0.4, -0.2) is 12.2 Å². The van der Waals surface area contributed by atoms with Gasteiger partial charge in [0.05, 0.1) is 13.1 Å². The molecule has 3 heteroatoms. The molecule has 0 aliphatic rings. The Hall–Kier alpha value is 0.444. The molecule has 2 nitrogen and oxygen atoms in total. The summed E-state index contributed by atoms with van der Waals surface area (Å²) in [6.07, 6.45) is 0. The van der Waals surface area contributed by atoms with Crippen LogP contribution in [0.15, 0.2) is 5.95 Å². The van der Waals surface area contributed by atoms with Crippen molar-refractivity contribution in [2.75, 3.05) is 7.11 Å². The molecule has 0 bridgehead atoms. The minimum absolute atomic E-state index is 0. The summed E-state index contributed by atoms with van der Waals surface area (Å²) in [5, 5.41) is 7.83. The summed E-state index contributed by atoms with van der Waals surface area (Å²) in [7, 11) is 1.29. The van der Waals surface area contributed by atoms with E-state index in [0.29, 0.717) is 0 Å². The topological polar surface area (TPSA) is 29.5 Å². The van der Waals surface area contributed by atoms with E-state index in [1.165, 1.54) is 7.11 Å². The van der Waals surface area contributed by atoms with Gasteiger partial charge in [-0.25, -0.2) is 0 Å². The molecule has 0 aromatic heterocycles. The van der Waals surface area contributed by atoms with Crippen LogP contribution in [0.3, 0.4) is 0 Å². The molecule has 0 atom stereocenters. The fraction of sp³-hybridized carbons (Fsp3) is 0.333. The van der Waals surface area contributed by atoms with Crippen LogP contribution in [0, 0.1) is 6.58 Å². The van der Waals surface area contributed by atoms with E-state index in [2.05, 4.69) is 11.3 Å². The minimum atomic E-state index is -0.495. The Morgan fingerprint density at radius 3 is 2.00 bits per heavy atom. The normalized spacial score (nSPS) is 5.50. The summed E-state index contributed by atoms with van der Waals surface area (Å²) in [6.45, 7) is 4.54. The third-order valence-electron chi connectivity index (χ3n) is 0.209. The Labute approximate surface area is 62.1 Å². The number of methoxy groups -OCH3 is 1. The molecule has 0 aliphatic carbocycles. The van der Waals surface area contributed by atoms with E-state index in [0.717, 1.165) is 0 Å². The van der Waals surface area contributed by atoms with Crippen LogP contribution in [-0.2, 0) is 37.4 Å². The van der Waals surface area contributed by atoms with E-state index in [1.54, 1.807) is 0 Å². The standard InChI is InChI=1S/C3H5O2.Y/c1-3(4)5-2;/h1,4H,2H3;/q-1;. The molecular weight excluding hydrogens is 157 g/mol. The maximum atomic E-state index is 7.83. The van der Waals surface area contributed by atoms with Crippen molar-refractivity contribution in [3.8, 4) is 0 Å². The number of rotatable bonds is 1. The van der Waals surface area contributed by atoms with Gasteiger partial charge in [-0.3, -0.25) is 0 Å². The van der Waals surface area contributed by atoms with Crippen molar-refractivity contribution in [2.45, 2.75) is 0 Å². The van der Waals surface area contributed by atoms with E-state index in [-0.39, 0.29) is 32.7 Å². The fourth-order valence-electron chi connectivity index (χ4n) is 0. The van der Waals surface area contributed by atoms with Gasteiger partial charge in [0.1, 0.15) is 0 Å². The third kappa shape index (κ3) is 8.82. The van der Waals surface area contributed by atoms with Crippen molar-refractivity contribution in [1.29, 1.82) is 0 Å². The molecular formula is C3H5O2Y-. The van der Waals surface area contributed by atoms with Crippen molar-refractivity contribution >= 4 is 0 Å². The predicted molar refractivity (Wildman–Crippen MR) is 17.5 cm³/mol. The van der Waals surface area contributed by atoms with Gasteiger partial charge in [-0.2, -0.15) is 0 Å². The van der Waals surface area contributed by atoms with Crippen molar-refractivity contribution < 1.29 is 42.6 Å². The van der Waals surface area contributed by atoms with Gasteiger partial charge in [-0.15, -0.1) is 0 Å². The Kier molecular flexibility index (Phi) is 8.77. The molecule has 0 aliphatic heterocycles. The van der Waals surface area contributed by atoms with Gasteiger partial charge < -0.3 is 16.4 Å². The molecule has 0 fully saturated rings. The Bertz CT molecular complexity index is 44.1. The first kappa shape index (κ1) is 9.67. The van der Waals surface area contributed by atoms with Gasteiger partial charge in [0.25, 0.3) is 0 Å². The van der Waals surface area contributed by atoms with Crippen molar-refractivity contribution in [3.05, 3.63) is 12.5 Å². The summed E-state index contributed by atoms with van der Waals surface area (Å²) >= 11 is 0. The summed E-state index contributed by atoms with van der Waals surface area (Å²) in [4.78, 5) is 0. The SMILES string of the molecule is [CH-]=C(O)OC.[Y]. The van der Waals surface area contributed by atoms with E-state index in [1.807, 2.05) is 0 Å². The molecule has 1 radical (unpaired) electrons. The van der Waals surface area contributed by atoms with Gasteiger partial charge in [0.2, 0.25) is 0 Å². The molecule has 0 rings (SSSR count). The van der Waals surface area contributed by atoms with Crippen molar-refractivity contribution in [3.63, 3.8) is 0 Å². The number of aliphatic hydroxyl groups is 1. The zero-order chi connectivity index (χ0) is 4.28. The van der Waals surface area contributed by atoms with Crippen molar-refractivity contribution in [2.24, 2.45) is 0 Å². The molecule has 0 aromatic rings. The molecule has 0 unspecified atom stereocenters. The molecule has 1 N–H and O–H groups in total. The van der Waals surface area contributed by atoms with Gasteiger partial charge in [-0.1, -0.05) is 0 Å². The number of hydrogen-bond donors (Lipinski definition) is 1. The second-order valence-electron chi connectivity index (χ2n) is 0.542. The first-order valence-corrected chi connectivity index (χ1v) is 1.12. The van der Waals surface area contributed by atoms with Crippen LogP contribution in [0.4, 0.5) is 0 Å². The van der Waals surface area contributed by atoms with Crippen LogP contribution in [0.25, 0.3) is 0 Å². The Morgan fingerprint density at radius 2 is 2.00 bits per heavy atom. The maximum Gasteiger partial charge on any atom is 0.0775 e. The van der Waals surface area contributed by atoms with Crippen LogP contribution in [0.1, 0.15) is 0 Å². The quantitative estimate of drug-likeness (QED) is 0.448. The molecule has 0 saturated carbocycles. The first-order chi connectivity index (χ1) is 2.27. The van der Waals surface area contributed by atoms with E-state index in [4.69, 9.17) is 5.11 Å². The molecule has 0 saturated heterocycles. The average molecular weight is 162 g/mol. The maximum absolute atomic E-state index is 7.83. The summed E-state index contributed by atoms with van der Waals surface area (Å²) in [6, 6.07) is 0. The summed E-state index contributed by atoms with van der Waals surface area (Å²) in [5.74, 6) is -0.495. The smallest absolute Gasteiger partial charge is 0.0775 e. The van der Waals surface area contributed by atoms with Gasteiger partial charge in [0, 0.05) is 32.7 Å². The molecule has 0 aromatic carbocycles. The van der Waals surface area contributed by atoms with Gasteiger partial charge >= 0.3 is 0 Å². The Balaban J connectivity index is 0. The largest absolute Gasteiger partial charge is 0.510 e. The van der Waals surface area contributed by atoms with Crippen LogP contribution in [0.2, 0.25) is 0 Å². The van der Waals surface area contributed by atoms with Crippen LogP contribution < -0.4 is 0 Å². The fourth-order valence-corrected chi connectivity index (χ4v) is 0. The number of hydrogen-bond acceptors (Lipinski definition) is 2. The second-order valence-corrected chi connectivity index (χ2v) is 0.542. The third-order valence-corrected chi connectivity index (χ3v) is 0.209. The summed E-state index contributed by atoms with van der Waals surface area (Å²) < 4.78 is 4.00. The second kappa shape index (κ2) is 5.44. The molecule has 0 heterocycles. The molecule has 33 valence electrons. The van der Waals surface area contributed by atoms with E-state index >= 15 is 0 Å². The monoisotopic (exact) mass is 162 g/mol. The van der Waals surface area contributed by atoms with Crippen molar-refractivity contribution in [1.82, 2.24) is 0 Å². The number of ether oxygens (including phenoxy) is 1. The molecule has 6 heavy (non-hydrogen) atoms. The zero-order valence-corrected chi connectivity index (χ0v) is 6.35. The van der Waals surface area contributed by atoms with E-state index < -0.39 is 5.95 Å². The predicted octanol–water partition coefficient (Wildman–Crippen LogP) is 0.463. The van der Waals surface area contributed by atoms with Crippen LogP contribution >= 0.6 is 0 Å². The van der Waals surface area contributed by atoms with Crippen LogP contribution in [0.5, 0.6) is 0 Å². The minimum Gasteiger partial charge on any atom is -0.510 e. The number of aliphatic hydroxyl groups excluding tert-OH is 1. The van der Waals surface area contributed by atoms with Gasteiger partial charge in [-0.05, 0) is 0 Å². The van der Waals surface area contributed by atoms with Gasteiger partial charge in [0.15, 0.2) is 0 Å². The van der Waals surface area contributed by atoms with E-state index in [9.17, 15) is 0 Å². The average Bonchev–Trinajstić information content (AvgIpc) is 1.38. The first-order valence-electron chi connectivity index (χ1n) is 1.12. The molecule has 0 spiro atoms.